The van der Waals surface area contributed by atoms with Crippen molar-refractivity contribution in [2.45, 2.75) is 25.6 Å². The molecule has 38 heavy (non-hydrogen) atoms. The van der Waals surface area contributed by atoms with Crippen LogP contribution in [-0.4, -0.2) is 83.3 Å². The number of nitrogens with zero attached hydrogens (tertiary/aromatic N) is 6. The number of likely N-dealkylation sites (N-methyl/N-ethyl adjacent to an activating group) is 1. The first-order valence-corrected chi connectivity index (χ1v) is 12.6. The molecule has 5 rings (SSSR count). The first-order chi connectivity index (χ1) is 18.1. The van der Waals surface area contributed by atoms with Crippen LogP contribution in [-0.2, 0) is 0 Å². The number of carbonyl (C=O) groups excluding carboxylic acids is 1. The van der Waals surface area contributed by atoms with Crippen molar-refractivity contribution in [2.75, 3.05) is 56.9 Å². The summed E-state index contributed by atoms with van der Waals surface area (Å²) in [4.78, 5) is 33.3. The number of ether oxygens (including phenoxy) is 1. The zero-order valence-electron chi connectivity index (χ0n) is 21.3. The van der Waals surface area contributed by atoms with Gasteiger partial charge in [0.15, 0.2) is 0 Å². The second-order valence-corrected chi connectivity index (χ2v) is 10.0. The number of piperazine rings is 1. The molecule has 12 heteroatoms. The molecule has 0 aliphatic carbocycles. The summed E-state index contributed by atoms with van der Waals surface area (Å²) in [6, 6.07) is 5.46. The molecule has 2 aliphatic rings. The number of alkyl halides is 3. The van der Waals surface area contributed by atoms with Crippen LogP contribution >= 0.6 is 0 Å². The molecule has 0 saturated carbocycles. The molecular formula is C26H30F3N7O2. The first-order valence-electron chi connectivity index (χ1n) is 12.6. The number of carbonyl (C=O) groups is 1. The lowest BCUT2D eigenvalue weighted by Gasteiger charge is -2.37. The van der Waals surface area contributed by atoms with Crippen molar-refractivity contribution in [2.24, 2.45) is 5.92 Å². The Balaban J connectivity index is 1.30. The van der Waals surface area contributed by atoms with Crippen LogP contribution in [0.4, 0.5) is 24.5 Å². The molecule has 2 fully saturated rings. The summed E-state index contributed by atoms with van der Waals surface area (Å²) >= 11 is 0. The number of anilines is 2. The number of halogens is 3. The standard InChI is InChI=1S/C26H30F3N7O2/c1-16-14-36(25(37)20-4-3-18(12-21(20)30)38-26(27,28)29)6-5-19(16)23-24-22(32-15-33-23)11-17(13-31-24)35-9-7-34(2)8-10-35/h3-4,11-13,15-16,19H,5-10,14,30H2,1-2H3. The molecule has 2 aliphatic heterocycles. The van der Waals surface area contributed by atoms with E-state index in [2.05, 4.69) is 44.5 Å². The number of rotatable bonds is 4. The van der Waals surface area contributed by atoms with Gasteiger partial charge in [0.25, 0.3) is 5.91 Å². The molecule has 4 heterocycles. The number of hydrogen-bond acceptors (Lipinski definition) is 8. The van der Waals surface area contributed by atoms with E-state index in [1.165, 1.54) is 6.07 Å². The van der Waals surface area contributed by atoms with Gasteiger partial charge in [0.05, 0.1) is 28.7 Å². The van der Waals surface area contributed by atoms with Gasteiger partial charge in [0, 0.05) is 56.9 Å². The maximum Gasteiger partial charge on any atom is 0.573 e. The Morgan fingerprint density at radius 1 is 1.08 bits per heavy atom. The largest absolute Gasteiger partial charge is 0.573 e. The molecule has 2 unspecified atom stereocenters. The highest BCUT2D eigenvalue weighted by Gasteiger charge is 2.34. The van der Waals surface area contributed by atoms with E-state index in [4.69, 9.17) is 10.7 Å². The third-order valence-electron chi connectivity index (χ3n) is 7.39. The predicted molar refractivity (Wildman–Crippen MR) is 137 cm³/mol. The molecule has 1 aromatic carbocycles. The summed E-state index contributed by atoms with van der Waals surface area (Å²) in [5.74, 6) is -0.642. The number of pyridine rings is 1. The minimum Gasteiger partial charge on any atom is -0.406 e. The highest BCUT2D eigenvalue weighted by atomic mass is 19.4. The zero-order chi connectivity index (χ0) is 27.0. The number of nitrogen functional groups attached to an aromatic ring is 1. The lowest BCUT2D eigenvalue weighted by atomic mass is 9.83. The number of likely N-dealkylation sites (tertiary alicyclic amines) is 1. The normalized spacial score (nSPS) is 21.1. The van der Waals surface area contributed by atoms with Gasteiger partial charge in [-0.15, -0.1) is 13.2 Å². The highest BCUT2D eigenvalue weighted by Crippen LogP contribution is 2.36. The fourth-order valence-electron chi connectivity index (χ4n) is 5.30. The van der Waals surface area contributed by atoms with E-state index >= 15 is 0 Å². The molecule has 3 aromatic rings. The summed E-state index contributed by atoms with van der Waals surface area (Å²) in [5, 5.41) is 0. The fourth-order valence-corrected chi connectivity index (χ4v) is 5.30. The smallest absolute Gasteiger partial charge is 0.406 e. The van der Waals surface area contributed by atoms with Crippen molar-refractivity contribution >= 4 is 28.3 Å². The Morgan fingerprint density at radius 2 is 1.84 bits per heavy atom. The first kappa shape index (κ1) is 26.0. The molecule has 0 spiro atoms. The molecule has 2 N–H and O–H groups in total. The van der Waals surface area contributed by atoms with Crippen molar-refractivity contribution in [3.8, 4) is 5.75 Å². The number of hydrogen-bond donors (Lipinski definition) is 1. The SMILES string of the molecule is CC1CN(C(=O)c2ccc(OC(F)(F)F)cc2N)CCC1c1ncnc2cc(N3CCN(C)CC3)cnc12. The molecule has 1 amide bonds. The Morgan fingerprint density at radius 3 is 2.53 bits per heavy atom. The van der Waals surface area contributed by atoms with Gasteiger partial charge in [0.1, 0.15) is 17.6 Å². The van der Waals surface area contributed by atoms with Gasteiger partial charge >= 0.3 is 6.36 Å². The van der Waals surface area contributed by atoms with E-state index < -0.39 is 12.1 Å². The fraction of sp³-hybridized carbons (Fsp3) is 0.462. The third-order valence-corrected chi connectivity index (χ3v) is 7.39. The summed E-state index contributed by atoms with van der Waals surface area (Å²) in [6.07, 6.45) is -0.709. The molecule has 2 aromatic heterocycles. The van der Waals surface area contributed by atoms with Crippen LogP contribution in [0.25, 0.3) is 11.0 Å². The van der Waals surface area contributed by atoms with Crippen molar-refractivity contribution in [1.29, 1.82) is 0 Å². The summed E-state index contributed by atoms with van der Waals surface area (Å²) in [7, 11) is 2.12. The summed E-state index contributed by atoms with van der Waals surface area (Å²) < 4.78 is 41.4. The number of aromatic nitrogens is 3. The van der Waals surface area contributed by atoms with Gasteiger partial charge in [-0.3, -0.25) is 9.78 Å². The van der Waals surface area contributed by atoms with Crippen molar-refractivity contribution < 1.29 is 22.7 Å². The number of piperidine rings is 1. The van der Waals surface area contributed by atoms with Crippen LogP contribution in [0.15, 0.2) is 36.8 Å². The molecular weight excluding hydrogens is 499 g/mol. The van der Waals surface area contributed by atoms with Crippen LogP contribution in [0.3, 0.4) is 0 Å². The Hall–Kier alpha value is -3.67. The molecule has 0 radical (unpaired) electrons. The Kier molecular flexibility index (Phi) is 6.99. The lowest BCUT2D eigenvalue weighted by Crippen LogP contribution is -2.44. The van der Waals surface area contributed by atoms with E-state index in [1.54, 1.807) is 11.2 Å². The average Bonchev–Trinajstić information content (AvgIpc) is 2.87. The van der Waals surface area contributed by atoms with Gasteiger partial charge in [-0.05, 0) is 37.6 Å². The predicted octanol–water partition coefficient (Wildman–Crippen LogP) is 3.52. The van der Waals surface area contributed by atoms with Crippen molar-refractivity contribution in [1.82, 2.24) is 24.8 Å². The van der Waals surface area contributed by atoms with Crippen molar-refractivity contribution in [3.63, 3.8) is 0 Å². The number of benzene rings is 1. The van der Waals surface area contributed by atoms with Gasteiger partial charge in [0.2, 0.25) is 0 Å². The van der Waals surface area contributed by atoms with Crippen LogP contribution in [0.5, 0.6) is 5.75 Å². The van der Waals surface area contributed by atoms with Crippen molar-refractivity contribution in [3.05, 3.63) is 48.0 Å². The quantitative estimate of drug-likeness (QED) is 0.513. The van der Waals surface area contributed by atoms with Gasteiger partial charge in [-0.25, -0.2) is 9.97 Å². The monoisotopic (exact) mass is 529 g/mol. The van der Waals surface area contributed by atoms with Crippen LogP contribution < -0.4 is 15.4 Å². The molecule has 2 saturated heterocycles. The van der Waals surface area contributed by atoms with E-state index in [0.29, 0.717) is 19.5 Å². The van der Waals surface area contributed by atoms with Crippen LogP contribution in [0.1, 0.15) is 35.3 Å². The topological polar surface area (TPSA) is 101 Å². The molecule has 9 nitrogen and oxygen atoms in total. The second kappa shape index (κ2) is 10.2. The van der Waals surface area contributed by atoms with Gasteiger partial charge < -0.3 is 25.2 Å². The molecule has 2 atom stereocenters. The van der Waals surface area contributed by atoms with Crippen LogP contribution in [0.2, 0.25) is 0 Å². The van der Waals surface area contributed by atoms with E-state index in [1.807, 2.05) is 6.20 Å². The van der Waals surface area contributed by atoms with Gasteiger partial charge in [-0.1, -0.05) is 6.92 Å². The minimum absolute atomic E-state index is 0.0614. The third kappa shape index (κ3) is 5.45. The molecule has 0 bridgehead atoms. The Bertz CT molecular complexity index is 1330. The maximum atomic E-state index is 13.2. The maximum absolute atomic E-state index is 13.2. The highest BCUT2D eigenvalue weighted by molar-refractivity contribution is 5.99. The van der Waals surface area contributed by atoms with E-state index in [-0.39, 0.29) is 29.0 Å². The van der Waals surface area contributed by atoms with E-state index in [0.717, 1.165) is 60.7 Å². The number of amides is 1. The number of nitrogens with two attached hydrogens (primary N) is 1. The number of fused-ring (bicyclic) bond motifs is 1. The molecule has 202 valence electrons. The van der Waals surface area contributed by atoms with E-state index in [9.17, 15) is 18.0 Å². The summed E-state index contributed by atoms with van der Waals surface area (Å²) in [5.41, 5.74) is 9.48. The van der Waals surface area contributed by atoms with Gasteiger partial charge in [-0.2, -0.15) is 0 Å². The summed E-state index contributed by atoms with van der Waals surface area (Å²) in [6.45, 7) is 6.84. The minimum atomic E-state index is -4.83. The second-order valence-electron chi connectivity index (χ2n) is 10.0. The van der Waals surface area contributed by atoms with Crippen LogP contribution in [0, 0.1) is 5.92 Å². The zero-order valence-corrected chi connectivity index (χ0v) is 21.3. The Labute approximate surface area is 218 Å². The average molecular weight is 530 g/mol. The lowest BCUT2D eigenvalue weighted by molar-refractivity contribution is -0.274.